The zero-order valence-corrected chi connectivity index (χ0v) is 7.99. The Morgan fingerprint density at radius 1 is 1.42 bits per heavy atom. The second-order valence-corrected chi connectivity index (χ2v) is 3.59. The molecule has 66 valence electrons. The van der Waals surface area contributed by atoms with Crippen molar-refractivity contribution in [2.24, 2.45) is 10.5 Å². The van der Waals surface area contributed by atoms with Crippen LogP contribution in [0.3, 0.4) is 0 Å². The van der Waals surface area contributed by atoms with Crippen molar-refractivity contribution in [1.29, 1.82) is 0 Å². The number of rotatable bonds is 2. The van der Waals surface area contributed by atoms with Crippen LogP contribution in [-0.4, -0.2) is 25.3 Å². The fourth-order valence-corrected chi connectivity index (χ4v) is 1.09. The van der Waals surface area contributed by atoms with Gasteiger partial charge in [-0.3, -0.25) is 0 Å². The average Bonchev–Trinajstić information content (AvgIpc) is 2.03. The smallest absolute Gasteiger partial charge is 0.0345 e. The van der Waals surface area contributed by atoms with Gasteiger partial charge in [0.2, 0.25) is 0 Å². The lowest BCUT2D eigenvalue weighted by atomic mass is 9.85. The molecule has 0 saturated carbocycles. The Bertz CT molecular complexity index is 226. The second kappa shape index (κ2) is 3.57. The lowest BCUT2D eigenvalue weighted by molar-refractivity contribution is 0.431. The molecule has 0 N–H and O–H groups in total. The summed E-state index contributed by atoms with van der Waals surface area (Å²) >= 11 is 0. The maximum atomic E-state index is 4.24. The molecule has 2 nitrogen and oxygen atoms in total. The summed E-state index contributed by atoms with van der Waals surface area (Å²) in [6.07, 6.45) is 11.5. The molecular weight excluding hydrogens is 148 g/mol. The molecular formula is C10H16N2. The van der Waals surface area contributed by atoms with Crippen LogP contribution in [0.1, 0.15) is 13.3 Å². The minimum Gasteiger partial charge on any atom is -0.303 e. The highest BCUT2D eigenvalue weighted by Crippen LogP contribution is 2.24. The van der Waals surface area contributed by atoms with Crippen molar-refractivity contribution in [2.75, 3.05) is 14.1 Å². The molecule has 0 bridgehead atoms. The zero-order valence-electron chi connectivity index (χ0n) is 7.99. The highest BCUT2D eigenvalue weighted by atomic mass is 15.4. The fourth-order valence-electron chi connectivity index (χ4n) is 1.09. The zero-order chi connectivity index (χ0) is 9.03. The van der Waals surface area contributed by atoms with E-state index < -0.39 is 0 Å². The summed E-state index contributed by atoms with van der Waals surface area (Å²) in [7, 11) is 3.87. The van der Waals surface area contributed by atoms with E-state index in [1.165, 1.54) is 0 Å². The van der Waals surface area contributed by atoms with Crippen LogP contribution < -0.4 is 0 Å². The highest BCUT2D eigenvalue weighted by molar-refractivity contribution is 5.68. The first kappa shape index (κ1) is 9.04. The molecule has 0 saturated heterocycles. The Morgan fingerprint density at radius 2 is 2.17 bits per heavy atom. The molecule has 0 spiro atoms. The minimum atomic E-state index is 0.110. The predicted molar refractivity (Wildman–Crippen MR) is 53.2 cm³/mol. The van der Waals surface area contributed by atoms with E-state index in [4.69, 9.17) is 0 Å². The van der Waals surface area contributed by atoms with Crippen LogP contribution in [0.2, 0.25) is 0 Å². The van der Waals surface area contributed by atoms with Crippen LogP contribution in [0.5, 0.6) is 0 Å². The summed E-state index contributed by atoms with van der Waals surface area (Å²) in [5.41, 5.74) is 0.110. The van der Waals surface area contributed by atoms with E-state index in [2.05, 4.69) is 36.3 Å². The third kappa shape index (κ3) is 2.53. The summed E-state index contributed by atoms with van der Waals surface area (Å²) in [4.78, 5) is 0. The molecule has 0 unspecified atom stereocenters. The van der Waals surface area contributed by atoms with Gasteiger partial charge < -0.3 is 5.01 Å². The number of nitrogens with zero attached hydrogens (tertiary/aromatic N) is 2. The van der Waals surface area contributed by atoms with E-state index in [0.29, 0.717) is 0 Å². The largest absolute Gasteiger partial charge is 0.303 e. The molecule has 0 aromatic carbocycles. The van der Waals surface area contributed by atoms with E-state index in [-0.39, 0.29) is 5.41 Å². The van der Waals surface area contributed by atoms with Crippen LogP contribution in [-0.2, 0) is 0 Å². The van der Waals surface area contributed by atoms with Gasteiger partial charge in [-0.15, -0.1) is 0 Å². The minimum absolute atomic E-state index is 0.110. The van der Waals surface area contributed by atoms with Gasteiger partial charge in [-0.2, -0.15) is 5.10 Å². The molecule has 0 aromatic heterocycles. The first-order valence-corrected chi connectivity index (χ1v) is 4.19. The summed E-state index contributed by atoms with van der Waals surface area (Å²) in [5, 5.41) is 6.06. The molecule has 0 aromatic rings. The number of allylic oxidation sites excluding steroid dienone is 4. The lowest BCUT2D eigenvalue weighted by Gasteiger charge is -2.21. The Labute approximate surface area is 74.3 Å². The SMILES string of the molecule is CN(C)/N=C\[C@@]1(C)C=CC=CC1. The first-order valence-electron chi connectivity index (χ1n) is 4.19. The molecule has 2 heteroatoms. The molecule has 1 atom stereocenters. The number of hydrazone groups is 1. The van der Waals surface area contributed by atoms with Crippen LogP contribution in [0.25, 0.3) is 0 Å². The van der Waals surface area contributed by atoms with Crippen molar-refractivity contribution in [3.8, 4) is 0 Å². The third-order valence-electron chi connectivity index (χ3n) is 1.87. The fraction of sp³-hybridized carbons (Fsp3) is 0.500. The lowest BCUT2D eigenvalue weighted by Crippen LogP contribution is -2.17. The van der Waals surface area contributed by atoms with Gasteiger partial charge in [0.25, 0.3) is 0 Å². The Kier molecular flexibility index (Phi) is 2.69. The summed E-state index contributed by atoms with van der Waals surface area (Å²) in [6, 6.07) is 0. The molecule has 1 aliphatic rings. The van der Waals surface area contributed by atoms with E-state index in [9.17, 15) is 0 Å². The molecule has 0 radical (unpaired) electrons. The first-order chi connectivity index (χ1) is 5.62. The van der Waals surface area contributed by atoms with Gasteiger partial charge in [0.15, 0.2) is 0 Å². The quantitative estimate of drug-likeness (QED) is 0.450. The maximum absolute atomic E-state index is 4.24. The third-order valence-corrected chi connectivity index (χ3v) is 1.87. The van der Waals surface area contributed by atoms with Crippen LogP contribution in [0.15, 0.2) is 29.4 Å². The summed E-state index contributed by atoms with van der Waals surface area (Å²) < 4.78 is 0. The van der Waals surface area contributed by atoms with Gasteiger partial charge in [0, 0.05) is 25.7 Å². The van der Waals surface area contributed by atoms with E-state index in [1.54, 1.807) is 0 Å². The van der Waals surface area contributed by atoms with Gasteiger partial charge in [0.1, 0.15) is 0 Å². The van der Waals surface area contributed by atoms with Crippen molar-refractivity contribution in [1.82, 2.24) is 5.01 Å². The average molecular weight is 164 g/mol. The van der Waals surface area contributed by atoms with Gasteiger partial charge in [-0.25, -0.2) is 0 Å². The molecule has 12 heavy (non-hydrogen) atoms. The van der Waals surface area contributed by atoms with E-state index in [0.717, 1.165) is 6.42 Å². The van der Waals surface area contributed by atoms with Crippen molar-refractivity contribution in [3.63, 3.8) is 0 Å². The van der Waals surface area contributed by atoms with Crippen LogP contribution in [0.4, 0.5) is 0 Å². The van der Waals surface area contributed by atoms with Gasteiger partial charge in [-0.05, 0) is 6.42 Å². The normalized spacial score (nSPS) is 28.2. The molecule has 0 fully saturated rings. The van der Waals surface area contributed by atoms with Crippen molar-refractivity contribution < 1.29 is 0 Å². The Balaban J connectivity index is 2.61. The topological polar surface area (TPSA) is 15.6 Å². The molecule has 1 aliphatic carbocycles. The van der Waals surface area contributed by atoms with Crippen molar-refractivity contribution in [3.05, 3.63) is 24.3 Å². The molecule has 0 amide bonds. The standard InChI is InChI=1S/C10H16N2/c1-10(9-11-12(2)3)7-5-4-6-8-10/h4-7,9H,8H2,1-3H3/b11-9-/t10-/m0/s1. The van der Waals surface area contributed by atoms with E-state index >= 15 is 0 Å². The van der Waals surface area contributed by atoms with Crippen LogP contribution >= 0.6 is 0 Å². The second-order valence-electron chi connectivity index (χ2n) is 3.59. The Hall–Kier alpha value is -1.05. The number of hydrogen-bond acceptors (Lipinski definition) is 2. The highest BCUT2D eigenvalue weighted by Gasteiger charge is 2.17. The summed E-state index contributed by atoms with van der Waals surface area (Å²) in [5.74, 6) is 0. The maximum Gasteiger partial charge on any atom is 0.0345 e. The summed E-state index contributed by atoms with van der Waals surface area (Å²) in [6.45, 7) is 2.18. The van der Waals surface area contributed by atoms with Gasteiger partial charge in [-0.1, -0.05) is 31.2 Å². The predicted octanol–water partition coefficient (Wildman–Crippen LogP) is 2.06. The van der Waals surface area contributed by atoms with Gasteiger partial charge >= 0.3 is 0 Å². The van der Waals surface area contributed by atoms with Crippen LogP contribution in [0, 0.1) is 5.41 Å². The van der Waals surface area contributed by atoms with Crippen molar-refractivity contribution >= 4 is 6.21 Å². The Morgan fingerprint density at radius 3 is 2.67 bits per heavy atom. The number of hydrogen-bond donors (Lipinski definition) is 0. The monoisotopic (exact) mass is 164 g/mol. The molecule has 1 rings (SSSR count). The van der Waals surface area contributed by atoms with Crippen molar-refractivity contribution in [2.45, 2.75) is 13.3 Å². The van der Waals surface area contributed by atoms with Gasteiger partial charge in [0.05, 0.1) is 0 Å². The molecule has 0 heterocycles. The van der Waals surface area contributed by atoms with E-state index in [1.807, 2.05) is 25.3 Å². The molecule has 0 aliphatic heterocycles.